The van der Waals surface area contributed by atoms with Crippen LogP contribution in [-0.4, -0.2) is 67.0 Å². The van der Waals surface area contributed by atoms with Crippen molar-refractivity contribution in [1.82, 2.24) is 8.61 Å². The van der Waals surface area contributed by atoms with Gasteiger partial charge in [-0.15, -0.1) is 0 Å². The maximum atomic E-state index is 12.1. The van der Waals surface area contributed by atoms with Crippen LogP contribution in [0.2, 0.25) is 0 Å². The van der Waals surface area contributed by atoms with Crippen LogP contribution in [0.1, 0.15) is 1.43 Å². The Kier molecular flexibility index (Phi) is 5.76. The number of hydrogen-bond donors (Lipinski definition) is 1. The second kappa shape index (κ2) is 6.49. The van der Waals surface area contributed by atoms with Gasteiger partial charge in [-0.25, -0.2) is 4.79 Å². The molecule has 0 aromatic carbocycles. The van der Waals surface area contributed by atoms with E-state index in [1.807, 2.05) is 6.07 Å². The maximum Gasteiger partial charge on any atom is 1.00 e. The van der Waals surface area contributed by atoms with Crippen molar-refractivity contribution >= 4 is 16.2 Å². The Morgan fingerprint density at radius 1 is 1.37 bits per heavy atom. The monoisotopic (exact) mass is 299 g/mol. The fourth-order valence-corrected chi connectivity index (χ4v) is 3.55. The summed E-state index contributed by atoms with van der Waals surface area (Å²) in [6, 6.07) is 1.99. The number of aliphatic carboxylic acids is 1. The van der Waals surface area contributed by atoms with Gasteiger partial charge in [0, 0.05) is 19.6 Å². The van der Waals surface area contributed by atoms with Gasteiger partial charge in [-0.2, -0.15) is 22.3 Å². The van der Waals surface area contributed by atoms with Crippen LogP contribution in [0.5, 0.6) is 0 Å². The molecule has 0 bridgehead atoms. The van der Waals surface area contributed by atoms with E-state index in [1.54, 1.807) is 0 Å². The van der Waals surface area contributed by atoms with Crippen molar-refractivity contribution in [1.29, 1.82) is 5.26 Å². The molecule has 2 heterocycles. The maximum absolute atomic E-state index is 12.1. The van der Waals surface area contributed by atoms with E-state index in [2.05, 4.69) is 0 Å². The van der Waals surface area contributed by atoms with Crippen LogP contribution >= 0.6 is 0 Å². The summed E-state index contributed by atoms with van der Waals surface area (Å²) < 4.78 is 31.4. The van der Waals surface area contributed by atoms with Gasteiger partial charge in [0.05, 0.1) is 25.1 Å². The summed E-state index contributed by atoms with van der Waals surface area (Å²) in [5.41, 5.74) is 0. The van der Waals surface area contributed by atoms with Gasteiger partial charge in [-0.05, 0) is 0 Å². The van der Waals surface area contributed by atoms with Crippen LogP contribution in [0.4, 0.5) is 0 Å². The molecule has 0 aliphatic carbocycles. The number of nitriles is 1. The molecule has 8 nitrogen and oxygen atoms in total. The summed E-state index contributed by atoms with van der Waals surface area (Å²) in [4.78, 5) is 10.8. The van der Waals surface area contributed by atoms with Crippen LogP contribution in [0, 0.1) is 17.2 Å². The molecule has 2 aliphatic rings. The van der Waals surface area contributed by atoms with Crippen molar-refractivity contribution in [2.75, 3.05) is 32.8 Å². The molecule has 2 aliphatic heterocycles. The van der Waals surface area contributed by atoms with E-state index in [1.165, 1.54) is 4.31 Å². The summed E-state index contributed by atoms with van der Waals surface area (Å²) >= 11 is 0. The first-order valence-electron chi connectivity index (χ1n) is 5.44. The van der Waals surface area contributed by atoms with Gasteiger partial charge in [0.25, 0.3) is 10.2 Å². The van der Waals surface area contributed by atoms with Crippen LogP contribution in [0.25, 0.3) is 0 Å². The average Bonchev–Trinajstić information content (AvgIpc) is 2.27. The smallest absolute Gasteiger partial charge is 1.00 e. The van der Waals surface area contributed by atoms with E-state index < -0.39 is 22.3 Å². The number of rotatable bonds is 3. The molecule has 0 amide bonds. The molecule has 0 spiro atoms. The third-order valence-electron chi connectivity index (χ3n) is 2.99. The number of nitrogens with zero attached hydrogens (tertiary/aromatic N) is 3. The Morgan fingerprint density at radius 3 is 2.53 bits per heavy atom. The number of carboxylic acids is 1. The van der Waals surface area contributed by atoms with Gasteiger partial charge in [0.1, 0.15) is 0 Å². The van der Waals surface area contributed by atoms with Crippen LogP contribution < -0.4 is 29.6 Å². The number of ether oxygens (including phenoxy) is 1. The Balaban J connectivity index is 0.00000180. The van der Waals surface area contributed by atoms with Crippen LogP contribution in [0.3, 0.4) is 0 Å². The summed E-state index contributed by atoms with van der Waals surface area (Å²) in [7, 11) is -3.66. The van der Waals surface area contributed by atoms with Gasteiger partial charge in [0.15, 0.2) is 6.10 Å². The molecule has 1 N–H and O–H groups in total. The van der Waals surface area contributed by atoms with Gasteiger partial charge in [-0.3, -0.25) is 0 Å². The Labute approximate surface area is 134 Å². The number of carbonyl (C=O) groups is 1. The standard InChI is InChI=1S/C9H13N3O5S.Na.H/c10-3-7-4-12(5-7)18(15,16)11-1-2-17-8(6-11)9(13)14;;/h7-8H,1-2,4-6H2,(H,13,14);;/q;+1;-1/t8-;;/m0../s1. The first kappa shape index (κ1) is 16.8. The Hall–Kier alpha value is -0.210. The predicted molar refractivity (Wildman–Crippen MR) is 59.7 cm³/mol. The zero-order valence-electron chi connectivity index (χ0n) is 11.5. The summed E-state index contributed by atoms with van der Waals surface area (Å²) in [6.45, 7) is 0.360. The summed E-state index contributed by atoms with van der Waals surface area (Å²) in [6.07, 6.45) is -1.12. The van der Waals surface area contributed by atoms with Gasteiger partial charge >= 0.3 is 35.5 Å². The Bertz CT molecular complexity index is 490. The SMILES string of the molecule is N#CC1CN(S(=O)(=O)N2CCO[C@H](C(=O)O)C2)C1.[H-].[Na+]. The summed E-state index contributed by atoms with van der Waals surface area (Å²) in [5.74, 6) is -1.44. The number of morpholine rings is 1. The van der Waals surface area contributed by atoms with Crippen molar-refractivity contribution in [3.8, 4) is 6.07 Å². The van der Waals surface area contributed by atoms with E-state index >= 15 is 0 Å². The van der Waals surface area contributed by atoms with Crippen LogP contribution in [0.15, 0.2) is 0 Å². The minimum atomic E-state index is -3.66. The molecule has 0 unspecified atom stereocenters. The zero-order chi connectivity index (χ0) is 13.3. The average molecular weight is 299 g/mol. The minimum Gasteiger partial charge on any atom is -1.00 e. The van der Waals surface area contributed by atoms with E-state index in [0.29, 0.717) is 0 Å². The second-order valence-electron chi connectivity index (χ2n) is 4.21. The van der Waals surface area contributed by atoms with Gasteiger partial charge in [0.2, 0.25) is 0 Å². The molecule has 2 fully saturated rings. The van der Waals surface area contributed by atoms with E-state index in [4.69, 9.17) is 15.1 Å². The molecular formula is C9H14N3NaO5S. The quantitative estimate of drug-likeness (QED) is 0.527. The molecule has 102 valence electrons. The van der Waals surface area contributed by atoms with Gasteiger partial charge < -0.3 is 11.3 Å². The molecule has 2 saturated heterocycles. The third kappa shape index (κ3) is 3.46. The minimum absolute atomic E-state index is 0. The predicted octanol–water partition coefficient (Wildman–Crippen LogP) is -4.41. The molecule has 10 heteroatoms. The van der Waals surface area contributed by atoms with Crippen LogP contribution in [-0.2, 0) is 19.7 Å². The fraction of sp³-hybridized carbons (Fsp3) is 0.778. The van der Waals surface area contributed by atoms with E-state index in [9.17, 15) is 13.2 Å². The molecule has 19 heavy (non-hydrogen) atoms. The topological polar surface area (TPSA) is 111 Å². The molecule has 0 radical (unpaired) electrons. The third-order valence-corrected chi connectivity index (χ3v) is 4.92. The second-order valence-corrected chi connectivity index (χ2v) is 6.13. The fourth-order valence-electron chi connectivity index (χ4n) is 1.86. The molecular weight excluding hydrogens is 285 g/mol. The molecule has 0 saturated carbocycles. The Morgan fingerprint density at radius 2 is 2.00 bits per heavy atom. The molecule has 0 aromatic rings. The van der Waals surface area contributed by atoms with Crippen molar-refractivity contribution in [3.63, 3.8) is 0 Å². The summed E-state index contributed by atoms with van der Waals surface area (Å²) in [5, 5.41) is 17.4. The molecule has 0 aromatic heterocycles. The van der Waals surface area contributed by atoms with Crippen molar-refractivity contribution in [2.24, 2.45) is 5.92 Å². The first-order chi connectivity index (χ1) is 8.45. The first-order valence-corrected chi connectivity index (χ1v) is 6.84. The van der Waals surface area contributed by atoms with Crippen molar-refractivity contribution in [2.45, 2.75) is 6.10 Å². The number of carboxylic acid groups (broad SMARTS) is 1. The van der Waals surface area contributed by atoms with Crippen molar-refractivity contribution in [3.05, 3.63) is 0 Å². The number of hydrogen-bond acceptors (Lipinski definition) is 5. The normalized spacial score (nSPS) is 25.9. The van der Waals surface area contributed by atoms with E-state index in [0.717, 1.165) is 4.31 Å². The van der Waals surface area contributed by atoms with Gasteiger partial charge in [-0.1, -0.05) is 0 Å². The largest absolute Gasteiger partial charge is 1.00 e. The van der Waals surface area contributed by atoms with E-state index in [-0.39, 0.29) is 69.7 Å². The molecule has 2 rings (SSSR count). The molecule has 1 atom stereocenters. The van der Waals surface area contributed by atoms with Crippen molar-refractivity contribution < 1.29 is 54.0 Å². The zero-order valence-corrected chi connectivity index (χ0v) is 13.3.